The molecule has 2 aromatic rings. The van der Waals surface area contributed by atoms with E-state index in [1.807, 2.05) is 6.92 Å². The quantitative estimate of drug-likeness (QED) is 0.909. The maximum Gasteiger partial charge on any atom is 0.198 e. The first-order valence-electron chi connectivity index (χ1n) is 6.22. The summed E-state index contributed by atoms with van der Waals surface area (Å²) in [5, 5.41) is 0. The zero-order valence-corrected chi connectivity index (χ0v) is 11.0. The molecule has 0 amide bonds. The summed E-state index contributed by atoms with van der Waals surface area (Å²) in [5.74, 6) is -1.14. The van der Waals surface area contributed by atoms with Crippen molar-refractivity contribution in [2.75, 3.05) is 6.61 Å². The van der Waals surface area contributed by atoms with Gasteiger partial charge >= 0.3 is 0 Å². The number of nitrogens with two attached hydrogens (primary N) is 1. The van der Waals surface area contributed by atoms with E-state index in [1.165, 1.54) is 0 Å². The van der Waals surface area contributed by atoms with Gasteiger partial charge in [0, 0.05) is 12.6 Å². The van der Waals surface area contributed by atoms with Crippen LogP contribution in [0.1, 0.15) is 12.5 Å². The van der Waals surface area contributed by atoms with Gasteiger partial charge in [-0.05, 0) is 36.8 Å². The number of hydrogen-bond acceptors (Lipinski definition) is 3. The molecule has 20 heavy (non-hydrogen) atoms. The highest BCUT2D eigenvalue weighted by molar-refractivity contribution is 5.39. The van der Waals surface area contributed by atoms with E-state index in [2.05, 4.69) is 0 Å². The number of halogens is 2. The Morgan fingerprint density at radius 2 is 1.70 bits per heavy atom. The molecule has 0 saturated carbocycles. The van der Waals surface area contributed by atoms with Crippen LogP contribution in [0, 0.1) is 11.6 Å². The molecule has 3 nitrogen and oxygen atoms in total. The molecule has 0 aromatic heterocycles. The van der Waals surface area contributed by atoms with E-state index in [1.54, 1.807) is 24.3 Å². The summed E-state index contributed by atoms with van der Waals surface area (Å²) in [7, 11) is 0. The molecular weight excluding hydrogens is 264 g/mol. The van der Waals surface area contributed by atoms with Crippen molar-refractivity contribution in [2.24, 2.45) is 5.73 Å². The monoisotopic (exact) mass is 279 g/mol. The van der Waals surface area contributed by atoms with Crippen molar-refractivity contribution in [2.45, 2.75) is 13.5 Å². The number of hydrogen-bond donors (Lipinski definition) is 1. The number of ether oxygens (including phenoxy) is 2. The predicted molar refractivity (Wildman–Crippen MR) is 71.9 cm³/mol. The largest absolute Gasteiger partial charge is 0.494 e. The van der Waals surface area contributed by atoms with Crippen LogP contribution < -0.4 is 15.2 Å². The first-order valence-corrected chi connectivity index (χ1v) is 6.22. The molecule has 0 atom stereocenters. The Morgan fingerprint density at radius 3 is 2.30 bits per heavy atom. The van der Waals surface area contributed by atoms with Crippen LogP contribution >= 0.6 is 0 Å². The van der Waals surface area contributed by atoms with E-state index in [-0.39, 0.29) is 6.54 Å². The first-order chi connectivity index (χ1) is 9.63. The fraction of sp³-hybridized carbons (Fsp3) is 0.200. The SMILES string of the molecule is CCOc1cccc(Oc2c(F)cc(CN)cc2F)c1. The minimum atomic E-state index is -0.785. The van der Waals surface area contributed by atoms with Crippen LogP contribution in [0.2, 0.25) is 0 Å². The van der Waals surface area contributed by atoms with Gasteiger partial charge in [-0.2, -0.15) is 0 Å². The van der Waals surface area contributed by atoms with E-state index >= 15 is 0 Å². The molecule has 0 bridgehead atoms. The third-order valence-electron chi connectivity index (χ3n) is 2.63. The van der Waals surface area contributed by atoms with Gasteiger partial charge in [0.05, 0.1) is 6.61 Å². The Kier molecular flexibility index (Phi) is 4.53. The molecule has 106 valence electrons. The van der Waals surface area contributed by atoms with Gasteiger partial charge in [-0.25, -0.2) is 8.78 Å². The Balaban J connectivity index is 2.28. The molecule has 0 spiro atoms. The van der Waals surface area contributed by atoms with Crippen molar-refractivity contribution in [1.29, 1.82) is 0 Å². The van der Waals surface area contributed by atoms with Crippen LogP contribution in [0.3, 0.4) is 0 Å². The van der Waals surface area contributed by atoms with Gasteiger partial charge in [-0.15, -0.1) is 0 Å². The average molecular weight is 279 g/mol. The molecule has 0 unspecified atom stereocenters. The van der Waals surface area contributed by atoms with Gasteiger partial charge < -0.3 is 15.2 Å². The summed E-state index contributed by atoms with van der Waals surface area (Å²) >= 11 is 0. The van der Waals surface area contributed by atoms with E-state index < -0.39 is 17.4 Å². The van der Waals surface area contributed by atoms with E-state index in [9.17, 15) is 8.78 Å². The molecule has 2 N–H and O–H groups in total. The van der Waals surface area contributed by atoms with Gasteiger partial charge in [-0.3, -0.25) is 0 Å². The van der Waals surface area contributed by atoms with Gasteiger partial charge in [0.2, 0.25) is 0 Å². The molecule has 0 fully saturated rings. The van der Waals surface area contributed by atoms with Crippen LogP contribution in [0.5, 0.6) is 17.2 Å². The van der Waals surface area contributed by atoms with E-state index in [0.29, 0.717) is 23.7 Å². The second-order valence-corrected chi connectivity index (χ2v) is 4.10. The lowest BCUT2D eigenvalue weighted by atomic mass is 10.2. The molecule has 0 aliphatic carbocycles. The maximum absolute atomic E-state index is 13.8. The fourth-order valence-electron chi connectivity index (χ4n) is 1.74. The topological polar surface area (TPSA) is 44.5 Å². The molecule has 0 aliphatic rings. The highest BCUT2D eigenvalue weighted by Gasteiger charge is 2.13. The smallest absolute Gasteiger partial charge is 0.198 e. The molecule has 0 aliphatic heterocycles. The molecule has 2 aromatic carbocycles. The lowest BCUT2D eigenvalue weighted by molar-refractivity contribution is 0.337. The van der Waals surface area contributed by atoms with Gasteiger partial charge in [-0.1, -0.05) is 6.07 Å². The van der Waals surface area contributed by atoms with Crippen molar-refractivity contribution in [1.82, 2.24) is 0 Å². The third kappa shape index (κ3) is 3.24. The second kappa shape index (κ2) is 6.34. The molecule has 0 radical (unpaired) electrons. The summed E-state index contributed by atoms with van der Waals surface area (Å²) in [5.41, 5.74) is 5.72. The highest BCUT2D eigenvalue weighted by Crippen LogP contribution is 2.30. The summed E-state index contributed by atoms with van der Waals surface area (Å²) in [6.07, 6.45) is 0. The third-order valence-corrected chi connectivity index (χ3v) is 2.63. The van der Waals surface area contributed by atoms with Gasteiger partial charge in [0.25, 0.3) is 0 Å². The standard InChI is InChI=1S/C15H15F2NO2/c1-2-19-11-4-3-5-12(8-11)20-15-13(16)6-10(9-18)7-14(15)17/h3-8H,2,9,18H2,1H3. The molecule has 2 rings (SSSR count). The minimum Gasteiger partial charge on any atom is -0.494 e. The van der Waals surface area contributed by atoms with Crippen LogP contribution in [0.25, 0.3) is 0 Å². The van der Waals surface area contributed by atoms with Crippen LogP contribution in [0.15, 0.2) is 36.4 Å². The van der Waals surface area contributed by atoms with Crippen LogP contribution in [-0.2, 0) is 6.54 Å². The van der Waals surface area contributed by atoms with Crippen LogP contribution in [-0.4, -0.2) is 6.61 Å². The Hall–Kier alpha value is -2.14. The molecule has 0 heterocycles. The van der Waals surface area contributed by atoms with E-state index in [0.717, 1.165) is 12.1 Å². The first kappa shape index (κ1) is 14.3. The second-order valence-electron chi connectivity index (χ2n) is 4.10. The summed E-state index contributed by atoms with van der Waals surface area (Å²) in [6, 6.07) is 8.90. The van der Waals surface area contributed by atoms with Crippen molar-refractivity contribution in [3.8, 4) is 17.2 Å². The number of rotatable bonds is 5. The average Bonchev–Trinajstić information content (AvgIpc) is 2.43. The Morgan fingerprint density at radius 1 is 1.05 bits per heavy atom. The lowest BCUT2D eigenvalue weighted by Crippen LogP contribution is -2.00. The lowest BCUT2D eigenvalue weighted by Gasteiger charge is -2.10. The zero-order chi connectivity index (χ0) is 14.5. The zero-order valence-electron chi connectivity index (χ0n) is 11.0. The summed E-state index contributed by atoms with van der Waals surface area (Å²) in [4.78, 5) is 0. The van der Waals surface area contributed by atoms with Crippen molar-refractivity contribution < 1.29 is 18.3 Å². The molecular formula is C15H15F2NO2. The normalized spacial score (nSPS) is 10.4. The van der Waals surface area contributed by atoms with Gasteiger partial charge in [0.1, 0.15) is 11.5 Å². The maximum atomic E-state index is 13.8. The number of benzene rings is 2. The highest BCUT2D eigenvalue weighted by atomic mass is 19.1. The fourth-order valence-corrected chi connectivity index (χ4v) is 1.74. The Bertz CT molecular complexity index is 579. The van der Waals surface area contributed by atoms with Crippen LogP contribution in [0.4, 0.5) is 8.78 Å². The minimum absolute atomic E-state index is 0.0634. The van der Waals surface area contributed by atoms with Crippen molar-refractivity contribution in [3.05, 3.63) is 53.6 Å². The molecule has 0 saturated heterocycles. The predicted octanol–water partition coefficient (Wildman–Crippen LogP) is 3.61. The van der Waals surface area contributed by atoms with E-state index in [4.69, 9.17) is 15.2 Å². The van der Waals surface area contributed by atoms with Crippen molar-refractivity contribution >= 4 is 0 Å². The summed E-state index contributed by atoms with van der Waals surface area (Å²) < 4.78 is 38.1. The van der Waals surface area contributed by atoms with Crippen molar-refractivity contribution in [3.63, 3.8) is 0 Å². The Labute approximate surface area is 115 Å². The summed E-state index contributed by atoms with van der Waals surface area (Å²) in [6.45, 7) is 2.41. The van der Waals surface area contributed by atoms with Gasteiger partial charge in [0.15, 0.2) is 17.4 Å². The molecule has 5 heteroatoms.